The van der Waals surface area contributed by atoms with Gasteiger partial charge in [0.05, 0.1) is 16.3 Å². The number of nitrogens with one attached hydrogen (secondary N) is 2. The quantitative estimate of drug-likeness (QED) is 0.800. The van der Waals surface area contributed by atoms with Crippen LogP contribution < -0.4 is 4.72 Å². The van der Waals surface area contributed by atoms with Crippen molar-refractivity contribution in [2.45, 2.75) is 4.90 Å². The van der Waals surface area contributed by atoms with Crippen molar-refractivity contribution >= 4 is 16.3 Å². The summed E-state index contributed by atoms with van der Waals surface area (Å²) in [6.07, 6.45) is 0.644. The van der Waals surface area contributed by atoms with E-state index in [-0.39, 0.29) is 4.90 Å². The molecule has 94 valence electrons. The van der Waals surface area contributed by atoms with Crippen LogP contribution in [0.5, 0.6) is 0 Å². The standard InChI is InChI=1S/C11H11N3O3S/c1-12-18(16,17)10-4-2-3-8(5-10)11-6-9(7-15)13-14-11/h2-7,12H,1H3,(H,13,14). The summed E-state index contributed by atoms with van der Waals surface area (Å²) in [7, 11) is -2.14. The molecule has 1 aromatic heterocycles. The van der Waals surface area contributed by atoms with Gasteiger partial charge in [-0.15, -0.1) is 0 Å². The van der Waals surface area contributed by atoms with Gasteiger partial charge in [-0.1, -0.05) is 12.1 Å². The third-order valence-electron chi connectivity index (χ3n) is 2.43. The summed E-state index contributed by atoms with van der Waals surface area (Å²) in [6, 6.07) is 7.88. The van der Waals surface area contributed by atoms with E-state index in [0.29, 0.717) is 23.2 Å². The number of carbonyl (C=O) groups excluding carboxylic acids is 1. The second-order valence-electron chi connectivity index (χ2n) is 3.56. The van der Waals surface area contributed by atoms with Gasteiger partial charge in [0.15, 0.2) is 6.29 Å². The number of nitrogens with zero attached hydrogens (tertiary/aromatic N) is 1. The molecule has 0 aliphatic rings. The zero-order valence-corrected chi connectivity index (χ0v) is 10.4. The average molecular weight is 265 g/mol. The van der Waals surface area contributed by atoms with Gasteiger partial charge in [-0.3, -0.25) is 9.89 Å². The minimum absolute atomic E-state index is 0.151. The SMILES string of the molecule is CNS(=O)(=O)c1cccc(-c2cc(C=O)[nH]n2)c1. The third-order valence-corrected chi connectivity index (χ3v) is 3.85. The molecule has 0 amide bonds. The molecule has 1 aromatic carbocycles. The highest BCUT2D eigenvalue weighted by atomic mass is 32.2. The Hall–Kier alpha value is -1.99. The van der Waals surface area contributed by atoms with E-state index < -0.39 is 10.0 Å². The summed E-state index contributed by atoms with van der Waals surface area (Å²) in [5.41, 5.74) is 1.48. The summed E-state index contributed by atoms with van der Waals surface area (Å²) >= 11 is 0. The van der Waals surface area contributed by atoms with E-state index in [4.69, 9.17) is 0 Å². The number of carbonyl (C=O) groups is 1. The van der Waals surface area contributed by atoms with E-state index in [1.807, 2.05) is 0 Å². The number of aromatic nitrogens is 2. The Morgan fingerprint density at radius 1 is 1.33 bits per heavy atom. The van der Waals surface area contributed by atoms with Crippen molar-refractivity contribution in [3.8, 4) is 11.3 Å². The van der Waals surface area contributed by atoms with Crippen LogP contribution in [-0.4, -0.2) is 31.9 Å². The molecule has 7 heteroatoms. The van der Waals surface area contributed by atoms with Gasteiger partial charge in [0.2, 0.25) is 10.0 Å². The highest BCUT2D eigenvalue weighted by Gasteiger charge is 2.12. The second-order valence-corrected chi connectivity index (χ2v) is 5.45. The number of H-pyrrole nitrogens is 1. The van der Waals surface area contributed by atoms with Crippen molar-refractivity contribution < 1.29 is 13.2 Å². The Balaban J connectivity index is 2.47. The van der Waals surface area contributed by atoms with Crippen LogP contribution in [0.3, 0.4) is 0 Å². The fourth-order valence-corrected chi connectivity index (χ4v) is 2.26. The lowest BCUT2D eigenvalue weighted by Gasteiger charge is -2.03. The Morgan fingerprint density at radius 3 is 2.72 bits per heavy atom. The van der Waals surface area contributed by atoms with Gasteiger partial charge in [-0.25, -0.2) is 13.1 Å². The lowest BCUT2D eigenvalue weighted by Crippen LogP contribution is -2.18. The minimum atomic E-state index is -3.48. The van der Waals surface area contributed by atoms with Crippen LogP contribution in [0, 0.1) is 0 Å². The van der Waals surface area contributed by atoms with E-state index in [9.17, 15) is 13.2 Å². The molecule has 1 heterocycles. The van der Waals surface area contributed by atoms with Crippen LogP contribution >= 0.6 is 0 Å². The van der Waals surface area contributed by atoms with Gasteiger partial charge in [0.25, 0.3) is 0 Å². The average Bonchev–Trinajstić information content (AvgIpc) is 2.88. The molecule has 0 spiro atoms. The summed E-state index contributed by atoms with van der Waals surface area (Å²) in [5, 5.41) is 6.48. The fraction of sp³-hybridized carbons (Fsp3) is 0.0909. The van der Waals surface area contributed by atoms with Crippen LogP contribution in [0.15, 0.2) is 35.2 Å². The van der Waals surface area contributed by atoms with Crippen molar-refractivity contribution in [1.29, 1.82) is 0 Å². The summed E-state index contributed by atoms with van der Waals surface area (Å²) < 4.78 is 25.5. The monoisotopic (exact) mass is 265 g/mol. The first-order valence-electron chi connectivity index (χ1n) is 5.11. The largest absolute Gasteiger partial charge is 0.296 e. The molecular weight excluding hydrogens is 254 g/mol. The van der Waals surface area contributed by atoms with Gasteiger partial charge in [-0.05, 0) is 25.2 Å². The van der Waals surface area contributed by atoms with Crippen molar-refractivity contribution in [2.24, 2.45) is 0 Å². The van der Waals surface area contributed by atoms with Gasteiger partial charge in [0.1, 0.15) is 0 Å². The highest BCUT2D eigenvalue weighted by Crippen LogP contribution is 2.20. The van der Waals surface area contributed by atoms with Gasteiger partial charge in [-0.2, -0.15) is 5.10 Å². The van der Waals surface area contributed by atoms with Crippen LogP contribution in [0.4, 0.5) is 0 Å². The van der Waals surface area contributed by atoms with E-state index in [1.54, 1.807) is 18.2 Å². The lowest BCUT2D eigenvalue weighted by molar-refractivity contribution is 0.111. The molecule has 6 nitrogen and oxygen atoms in total. The van der Waals surface area contributed by atoms with Gasteiger partial charge in [0, 0.05) is 5.56 Å². The molecule has 0 fully saturated rings. The third kappa shape index (κ3) is 2.31. The number of aromatic amines is 1. The van der Waals surface area contributed by atoms with E-state index in [0.717, 1.165) is 0 Å². The van der Waals surface area contributed by atoms with Crippen LogP contribution in [0.2, 0.25) is 0 Å². The molecule has 0 atom stereocenters. The molecule has 0 saturated carbocycles. The molecule has 2 aromatic rings. The molecule has 0 radical (unpaired) electrons. The lowest BCUT2D eigenvalue weighted by atomic mass is 10.1. The second kappa shape index (κ2) is 4.71. The molecule has 0 unspecified atom stereocenters. The van der Waals surface area contributed by atoms with Gasteiger partial charge >= 0.3 is 0 Å². The minimum Gasteiger partial charge on any atom is -0.296 e. The number of hydrogen-bond donors (Lipinski definition) is 2. The predicted molar refractivity (Wildman–Crippen MR) is 65.7 cm³/mol. The zero-order chi connectivity index (χ0) is 13.2. The van der Waals surface area contributed by atoms with E-state index >= 15 is 0 Å². The number of sulfonamides is 1. The first-order chi connectivity index (χ1) is 8.56. The number of rotatable bonds is 4. The first kappa shape index (κ1) is 12.5. The number of aldehydes is 1. The molecule has 0 aliphatic heterocycles. The van der Waals surface area contributed by atoms with Crippen molar-refractivity contribution in [3.63, 3.8) is 0 Å². The number of hydrogen-bond acceptors (Lipinski definition) is 4. The summed E-state index contributed by atoms with van der Waals surface area (Å²) in [5.74, 6) is 0. The molecule has 0 bridgehead atoms. The predicted octanol–water partition coefficient (Wildman–Crippen LogP) is 0.797. The normalized spacial score (nSPS) is 11.4. The Morgan fingerprint density at radius 2 is 2.11 bits per heavy atom. The summed E-state index contributed by atoms with van der Waals surface area (Å²) in [4.78, 5) is 10.7. The Labute approximate surface area is 104 Å². The highest BCUT2D eigenvalue weighted by molar-refractivity contribution is 7.89. The first-order valence-corrected chi connectivity index (χ1v) is 6.60. The molecule has 0 saturated heterocycles. The smallest absolute Gasteiger partial charge is 0.240 e. The fourth-order valence-electron chi connectivity index (χ4n) is 1.49. The maximum Gasteiger partial charge on any atom is 0.240 e. The maximum absolute atomic E-state index is 11.7. The van der Waals surface area contributed by atoms with Gasteiger partial charge < -0.3 is 0 Å². The van der Waals surface area contributed by atoms with Crippen LogP contribution in [0.1, 0.15) is 10.5 Å². The molecule has 2 rings (SSSR count). The van der Waals surface area contributed by atoms with Crippen molar-refractivity contribution in [3.05, 3.63) is 36.0 Å². The summed E-state index contributed by atoms with van der Waals surface area (Å²) in [6.45, 7) is 0. The molecule has 2 N–H and O–H groups in total. The Bertz CT molecular complexity index is 676. The zero-order valence-electron chi connectivity index (χ0n) is 9.54. The molecular formula is C11H11N3O3S. The van der Waals surface area contributed by atoms with E-state index in [2.05, 4.69) is 14.9 Å². The topological polar surface area (TPSA) is 91.9 Å². The van der Waals surface area contributed by atoms with Crippen LogP contribution in [-0.2, 0) is 10.0 Å². The molecule has 18 heavy (non-hydrogen) atoms. The maximum atomic E-state index is 11.7. The van der Waals surface area contributed by atoms with Crippen molar-refractivity contribution in [1.82, 2.24) is 14.9 Å². The van der Waals surface area contributed by atoms with Crippen LogP contribution in [0.25, 0.3) is 11.3 Å². The van der Waals surface area contributed by atoms with E-state index in [1.165, 1.54) is 19.2 Å². The Kier molecular flexibility index (Phi) is 3.26. The van der Waals surface area contributed by atoms with Crippen molar-refractivity contribution in [2.75, 3.05) is 7.05 Å². The number of benzene rings is 1. The molecule has 0 aliphatic carbocycles.